The average molecular weight is 302 g/mol. The van der Waals surface area contributed by atoms with E-state index in [0.29, 0.717) is 11.8 Å². The molecule has 1 aliphatic heterocycles. The number of ether oxygens (including phenoxy) is 1. The molecule has 0 spiro atoms. The molecule has 0 bridgehead atoms. The van der Waals surface area contributed by atoms with Gasteiger partial charge in [-0.25, -0.2) is 0 Å². The first-order valence-electron chi connectivity index (χ1n) is 8.47. The van der Waals surface area contributed by atoms with E-state index in [9.17, 15) is 4.79 Å². The smallest absolute Gasteiger partial charge is 0.308 e. The Morgan fingerprint density at radius 2 is 2.00 bits per heavy atom. The topological polar surface area (TPSA) is 41.6 Å². The van der Waals surface area contributed by atoms with Crippen LogP contribution in [-0.4, -0.2) is 37.0 Å². The number of hydrogen-bond donors (Lipinski definition) is 1. The molecule has 4 nitrogen and oxygen atoms in total. The summed E-state index contributed by atoms with van der Waals surface area (Å²) in [6.07, 6.45) is 5.31. The lowest BCUT2D eigenvalue weighted by Crippen LogP contribution is -2.46. The van der Waals surface area contributed by atoms with Gasteiger partial charge >= 0.3 is 5.97 Å². The molecule has 0 amide bonds. The van der Waals surface area contributed by atoms with Gasteiger partial charge in [0.2, 0.25) is 0 Å². The molecule has 1 aromatic carbocycles. The van der Waals surface area contributed by atoms with Gasteiger partial charge in [-0.1, -0.05) is 25.0 Å². The summed E-state index contributed by atoms with van der Waals surface area (Å²) in [6.45, 7) is 5.77. The van der Waals surface area contributed by atoms with Gasteiger partial charge in [0.25, 0.3) is 0 Å². The lowest BCUT2D eigenvalue weighted by Gasteiger charge is -2.38. The molecule has 4 heteroatoms. The fourth-order valence-corrected chi connectivity index (χ4v) is 3.94. The first-order chi connectivity index (χ1) is 10.7. The van der Waals surface area contributed by atoms with E-state index < -0.39 is 0 Å². The largest absolute Gasteiger partial charge is 0.427 e. The maximum absolute atomic E-state index is 11.2. The highest BCUT2D eigenvalue weighted by atomic mass is 16.5. The summed E-state index contributed by atoms with van der Waals surface area (Å²) in [4.78, 5) is 13.8. The number of rotatable bonds is 4. The number of carbonyl (C=O) groups is 1. The van der Waals surface area contributed by atoms with E-state index in [2.05, 4.69) is 22.3 Å². The standard InChI is InChI=1S/C18H26N2O2/c1-14(21)22-17-8-4-7-16(13-17)18(15-5-2-3-6-15)20-11-9-19-10-12-20/h4,7-8,13,15,18-19H,2-3,5-6,9-12H2,1H3/t18-/m0/s1. The van der Waals surface area contributed by atoms with Gasteiger partial charge in [-0.05, 0) is 36.5 Å². The van der Waals surface area contributed by atoms with Gasteiger partial charge in [0, 0.05) is 39.1 Å². The SMILES string of the molecule is CC(=O)Oc1cccc([C@H](C2CCCC2)N2CCNCC2)c1. The second kappa shape index (κ2) is 7.25. The zero-order valence-corrected chi connectivity index (χ0v) is 13.4. The Bertz CT molecular complexity index is 506. The van der Waals surface area contributed by atoms with Crippen LogP contribution in [0.15, 0.2) is 24.3 Å². The number of nitrogens with one attached hydrogen (secondary N) is 1. The van der Waals surface area contributed by atoms with Crippen molar-refractivity contribution in [2.24, 2.45) is 5.92 Å². The van der Waals surface area contributed by atoms with Gasteiger partial charge in [0.05, 0.1) is 0 Å². The molecular weight excluding hydrogens is 276 g/mol. The molecule has 1 N–H and O–H groups in total. The Labute approximate surface area is 132 Å². The number of benzene rings is 1. The van der Waals surface area contributed by atoms with E-state index in [1.54, 1.807) is 0 Å². The maximum atomic E-state index is 11.2. The highest BCUT2D eigenvalue weighted by Gasteiger charge is 2.32. The fourth-order valence-electron chi connectivity index (χ4n) is 3.94. The summed E-state index contributed by atoms with van der Waals surface area (Å²) in [7, 11) is 0. The van der Waals surface area contributed by atoms with Gasteiger partial charge < -0.3 is 10.1 Å². The molecule has 0 aromatic heterocycles. The number of hydrogen-bond acceptors (Lipinski definition) is 4. The van der Waals surface area contributed by atoms with Crippen LogP contribution in [-0.2, 0) is 4.79 Å². The normalized spacial score (nSPS) is 21.7. The van der Waals surface area contributed by atoms with E-state index in [1.807, 2.05) is 12.1 Å². The van der Waals surface area contributed by atoms with Crippen LogP contribution in [0.2, 0.25) is 0 Å². The van der Waals surface area contributed by atoms with Crippen molar-refractivity contribution in [1.29, 1.82) is 0 Å². The lowest BCUT2D eigenvalue weighted by atomic mass is 9.89. The second-order valence-electron chi connectivity index (χ2n) is 6.44. The summed E-state index contributed by atoms with van der Waals surface area (Å²) in [5, 5.41) is 3.44. The van der Waals surface area contributed by atoms with Crippen LogP contribution in [0.4, 0.5) is 0 Å². The molecule has 3 rings (SSSR count). The molecule has 2 fully saturated rings. The van der Waals surface area contributed by atoms with Crippen LogP contribution in [0, 0.1) is 5.92 Å². The zero-order chi connectivity index (χ0) is 15.4. The molecule has 120 valence electrons. The summed E-state index contributed by atoms with van der Waals surface area (Å²) in [5.74, 6) is 1.14. The van der Waals surface area contributed by atoms with Crippen molar-refractivity contribution < 1.29 is 9.53 Å². The quantitative estimate of drug-likeness (QED) is 0.686. The first-order valence-corrected chi connectivity index (χ1v) is 8.47. The third-order valence-corrected chi connectivity index (χ3v) is 4.85. The van der Waals surface area contributed by atoms with Crippen LogP contribution >= 0.6 is 0 Å². The van der Waals surface area contributed by atoms with Crippen molar-refractivity contribution in [2.45, 2.75) is 38.6 Å². The number of esters is 1. The minimum absolute atomic E-state index is 0.253. The minimum Gasteiger partial charge on any atom is -0.427 e. The molecular formula is C18H26N2O2. The molecule has 0 unspecified atom stereocenters. The zero-order valence-electron chi connectivity index (χ0n) is 13.4. The van der Waals surface area contributed by atoms with Gasteiger partial charge in [-0.3, -0.25) is 9.69 Å². The highest BCUT2D eigenvalue weighted by molar-refractivity contribution is 5.69. The number of nitrogens with zero attached hydrogens (tertiary/aromatic N) is 1. The van der Waals surface area contributed by atoms with Gasteiger partial charge in [-0.15, -0.1) is 0 Å². The maximum Gasteiger partial charge on any atom is 0.308 e. The molecule has 1 heterocycles. The van der Waals surface area contributed by atoms with Crippen LogP contribution in [0.5, 0.6) is 5.75 Å². The summed E-state index contributed by atoms with van der Waals surface area (Å²) >= 11 is 0. The summed E-state index contributed by atoms with van der Waals surface area (Å²) in [6, 6.07) is 8.59. The Balaban J connectivity index is 1.85. The second-order valence-corrected chi connectivity index (χ2v) is 6.44. The molecule has 1 saturated carbocycles. The predicted octanol–water partition coefficient (Wildman–Crippen LogP) is 2.75. The monoisotopic (exact) mass is 302 g/mol. The van der Waals surface area contributed by atoms with Gasteiger partial charge in [0.1, 0.15) is 5.75 Å². The molecule has 0 radical (unpaired) electrons. The molecule has 22 heavy (non-hydrogen) atoms. The van der Waals surface area contributed by atoms with Crippen LogP contribution in [0.3, 0.4) is 0 Å². The van der Waals surface area contributed by atoms with E-state index in [-0.39, 0.29) is 5.97 Å². The predicted molar refractivity (Wildman–Crippen MR) is 86.9 cm³/mol. The first kappa shape index (κ1) is 15.5. The molecule has 1 aromatic rings. The fraction of sp³-hybridized carbons (Fsp3) is 0.611. The molecule has 2 aliphatic rings. The van der Waals surface area contributed by atoms with Crippen molar-refractivity contribution in [3.8, 4) is 5.75 Å². The van der Waals surface area contributed by atoms with E-state index >= 15 is 0 Å². The third kappa shape index (κ3) is 3.68. The highest BCUT2D eigenvalue weighted by Crippen LogP contribution is 2.40. The third-order valence-electron chi connectivity index (χ3n) is 4.85. The van der Waals surface area contributed by atoms with Crippen molar-refractivity contribution >= 4 is 5.97 Å². The van der Waals surface area contributed by atoms with Crippen LogP contribution in [0.1, 0.15) is 44.2 Å². The van der Waals surface area contributed by atoms with Crippen molar-refractivity contribution in [3.63, 3.8) is 0 Å². The molecule has 1 atom stereocenters. The van der Waals surface area contributed by atoms with E-state index in [0.717, 1.165) is 32.1 Å². The van der Waals surface area contributed by atoms with E-state index in [4.69, 9.17) is 4.74 Å². The van der Waals surface area contributed by atoms with Gasteiger partial charge in [0.15, 0.2) is 0 Å². The van der Waals surface area contributed by atoms with Gasteiger partial charge in [-0.2, -0.15) is 0 Å². The summed E-state index contributed by atoms with van der Waals surface area (Å²) < 4.78 is 5.29. The Hall–Kier alpha value is -1.39. The molecule has 1 aliphatic carbocycles. The number of carbonyl (C=O) groups excluding carboxylic acids is 1. The van der Waals surface area contributed by atoms with Crippen molar-refractivity contribution in [3.05, 3.63) is 29.8 Å². The summed E-state index contributed by atoms with van der Waals surface area (Å²) in [5.41, 5.74) is 1.30. The Morgan fingerprint density at radius 1 is 1.27 bits per heavy atom. The Kier molecular flexibility index (Phi) is 5.11. The Morgan fingerprint density at radius 3 is 2.68 bits per heavy atom. The molecule has 1 saturated heterocycles. The van der Waals surface area contributed by atoms with Crippen LogP contribution in [0.25, 0.3) is 0 Å². The van der Waals surface area contributed by atoms with E-state index in [1.165, 1.54) is 38.2 Å². The number of piperazine rings is 1. The lowest BCUT2D eigenvalue weighted by molar-refractivity contribution is -0.131. The van der Waals surface area contributed by atoms with Crippen molar-refractivity contribution in [2.75, 3.05) is 26.2 Å². The average Bonchev–Trinajstić information content (AvgIpc) is 3.02. The van der Waals surface area contributed by atoms with Crippen molar-refractivity contribution in [1.82, 2.24) is 10.2 Å². The van der Waals surface area contributed by atoms with Crippen LogP contribution < -0.4 is 10.1 Å². The minimum atomic E-state index is -0.253.